The van der Waals surface area contributed by atoms with Gasteiger partial charge in [-0.3, -0.25) is 9.69 Å². The summed E-state index contributed by atoms with van der Waals surface area (Å²) in [7, 11) is 0. The van der Waals surface area contributed by atoms with Crippen LogP contribution < -0.4 is 4.74 Å². The maximum absolute atomic E-state index is 13.6. The van der Waals surface area contributed by atoms with Gasteiger partial charge in [0, 0.05) is 36.8 Å². The minimum Gasteiger partial charge on any atom is -0.469 e. The molecule has 200 valence electrons. The molecule has 1 amide bonds. The number of aryl methyl sites for hydroxylation is 2. The molecule has 0 aliphatic carbocycles. The van der Waals surface area contributed by atoms with E-state index in [0.29, 0.717) is 17.4 Å². The Morgan fingerprint density at radius 1 is 0.974 bits per heavy atom. The topological polar surface area (TPSA) is 71.5 Å². The molecule has 2 aliphatic heterocycles. The van der Waals surface area contributed by atoms with Crippen molar-refractivity contribution in [3.8, 4) is 5.88 Å². The van der Waals surface area contributed by atoms with Crippen LogP contribution in [-0.4, -0.2) is 62.4 Å². The number of hydrogen-bond donors (Lipinski definition) is 0. The molecule has 1 unspecified atom stereocenters. The second kappa shape index (κ2) is 11.2. The SMILES string of the molecule is Cc1ncnc(C)c1C(=O)N1CCC(C)(N2CCC(C(Oc3ccccn3)c3ccc(F)cc3)CC2)CC1. The van der Waals surface area contributed by atoms with Gasteiger partial charge in [0.2, 0.25) is 5.88 Å². The van der Waals surface area contributed by atoms with E-state index in [0.717, 1.165) is 68.8 Å². The number of likely N-dealkylation sites (tertiary alicyclic amines) is 2. The van der Waals surface area contributed by atoms with Gasteiger partial charge in [-0.1, -0.05) is 18.2 Å². The fourth-order valence-electron chi connectivity index (χ4n) is 5.95. The van der Waals surface area contributed by atoms with Crippen molar-refractivity contribution in [2.45, 2.75) is 58.1 Å². The van der Waals surface area contributed by atoms with E-state index in [1.807, 2.05) is 49.1 Å². The Kier molecular flexibility index (Phi) is 7.70. The van der Waals surface area contributed by atoms with Gasteiger partial charge in [0.05, 0.1) is 17.0 Å². The van der Waals surface area contributed by atoms with Crippen LogP contribution in [0.25, 0.3) is 0 Å². The van der Waals surface area contributed by atoms with Gasteiger partial charge in [-0.05, 0) is 83.3 Å². The summed E-state index contributed by atoms with van der Waals surface area (Å²) in [4.78, 5) is 30.6. The Balaban J connectivity index is 1.22. The van der Waals surface area contributed by atoms with E-state index in [1.54, 1.807) is 6.20 Å². The van der Waals surface area contributed by atoms with Gasteiger partial charge in [-0.25, -0.2) is 19.3 Å². The van der Waals surface area contributed by atoms with Crippen LogP contribution in [0.2, 0.25) is 0 Å². The van der Waals surface area contributed by atoms with E-state index >= 15 is 0 Å². The van der Waals surface area contributed by atoms with Gasteiger partial charge in [-0.15, -0.1) is 0 Å². The molecule has 5 rings (SSSR count). The normalized spacial score (nSPS) is 19.2. The molecule has 1 aromatic carbocycles. The zero-order chi connectivity index (χ0) is 26.7. The molecule has 2 aliphatic rings. The number of nitrogens with zero attached hydrogens (tertiary/aromatic N) is 5. The van der Waals surface area contributed by atoms with Crippen LogP contribution in [0.4, 0.5) is 4.39 Å². The van der Waals surface area contributed by atoms with Gasteiger partial charge in [-0.2, -0.15) is 0 Å². The molecular formula is C30H36FN5O2. The number of ether oxygens (including phenoxy) is 1. The van der Waals surface area contributed by atoms with Crippen molar-refractivity contribution in [3.05, 3.63) is 83.3 Å². The van der Waals surface area contributed by atoms with Crippen molar-refractivity contribution in [1.82, 2.24) is 24.8 Å². The van der Waals surface area contributed by atoms with Crippen LogP contribution in [0.15, 0.2) is 55.0 Å². The summed E-state index contributed by atoms with van der Waals surface area (Å²) in [5.41, 5.74) is 3.13. The lowest BCUT2D eigenvalue weighted by Gasteiger charge is -2.49. The molecule has 7 nitrogen and oxygen atoms in total. The highest BCUT2D eigenvalue weighted by molar-refractivity contribution is 5.96. The number of hydrogen-bond acceptors (Lipinski definition) is 6. The van der Waals surface area contributed by atoms with E-state index < -0.39 is 0 Å². The van der Waals surface area contributed by atoms with E-state index in [9.17, 15) is 9.18 Å². The maximum atomic E-state index is 13.6. The summed E-state index contributed by atoms with van der Waals surface area (Å²) in [6.07, 6.45) is 6.88. The number of carbonyl (C=O) groups is 1. The van der Waals surface area contributed by atoms with Crippen LogP contribution in [0.5, 0.6) is 5.88 Å². The molecule has 2 saturated heterocycles. The average molecular weight is 518 g/mol. The molecule has 0 spiro atoms. The Hall–Kier alpha value is -3.39. The maximum Gasteiger partial charge on any atom is 0.257 e. The quantitative estimate of drug-likeness (QED) is 0.450. The monoisotopic (exact) mass is 517 g/mol. The molecule has 2 aromatic heterocycles. The number of rotatable bonds is 6. The summed E-state index contributed by atoms with van der Waals surface area (Å²) in [5, 5.41) is 0. The van der Waals surface area contributed by atoms with Crippen LogP contribution in [0.1, 0.15) is 66.0 Å². The molecule has 2 fully saturated rings. The second-order valence-corrected chi connectivity index (χ2v) is 10.8. The molecule has 0 radical (unpaired) electrons. The fraction of sp³-hybridized carbons (Fsp3) is 0.467. The van der Waals surface area contributed by atoms with E-state index in [-0.39, 0.29) is 23.4 Å². The molecule has 0 bridgehead atoms. The van der Waals surface area contributed by atoms with Crippen molar-refractivity contribution in [2.75, 3.05) is 26.2 Å². The first-order valence-electron chi connectivity index (χ1n) is 13.5. The first-order valence-corrected chi connectivity index (χ1v) is 13.5. The summed E-state index contributed by atoms with van der Waals surface area (Å²) >= 11 is 0. The summed E-state index contributed by atoms with van der Waals surface area (Å²) < 4.78 is 20.0. The lowest BCUT2D eigenvalue weighted by Crippen LogP contribution is -2.56. The number of aromatic nitrogens is 3. The third-order valence-corrected chi connectivity index (χ3v) is 8.38. The standard InChI is InChI=1S/C30H36FN5O2/c1-21-27(22(2)34-20-33-21)29(37)35-18-13-30(3,14-19-35)36-16-11-24(12-17-36)28(23-7-9-25(31)10-8-23)38-26-6-4-5-15-32-26/h4-10,15,20,24,28H,11-14,16-19H2,1-3H3. The highest BCUT2D eigenvalue weighted by Gasteiger charge is 2.40. The molecule has 8 heteroatoms. The molecule has 3 aromatic rings. The number of pyridine rings is 1. The minimum absolute atomic E-state index is 0.0372. The lowest BCUT2D eigenvalue weighted by molar-refractivity contribution is -0.00616. The first-order chi connectivity index (χ1) is 18.3. The highest BCUT2D eigenvalue weighted by atomic mass is 19.1. The second-order valence-electron chi connectivity index (χ2n) is 10.8. The molecule has 0 saturated carbocycles. The smallest absolute Gasteiger partial charge is 0.257 e. The van der Waals surface area contributed by atoms with Crippen molar-refractivity contribution in [3.63, 3.8) is 0 Å². The van der Waals surface area contributed by atoms with Crippen molar-refractivity contribution in [1.29, 1.82) is 0 Å². The highest BCUT2D eigenvalue weighted by Crippen LogP contribution is 2.38. The summed E-state index contributed by atoms with van der Waals surface area (Å²) in [6.45, 7) is 9.45. The molecule has 4 heterocycles. The van der Waals surface area contributed by atoms with Crippen molar-refractivity contribution in [2.24, 2.45) is 5.92 Å². The first kappa shape index (κ1) is 26.2. The Morgan fingerprint density at radius 2 is 1.63 bits per heavy atom. The van der Waals surface area contributed by atoms with Gasteiger partial charge >= 0.3 is 0 Å². The Morgan fingerprint density at radius 3 is 2.24 bits per heavy atom. The minimum atomic E-state index is -0.247. The van der Waals surface area contributed by atoms with Gasteiger partial charge in [0.1, 0.15) is 18.2 Å². The fourth-order valence-corrected chi connectivity index (χ4v) is 5.95. The summed E-state index contributed by atoms with van der Waals surface area (Å²) in [5.74, 6) is 0.675. The predicted octanol–water partition coefficient (Wildman–Crippen LogP) is 5.15. The van der Waals surface area contributed by atoms with E-state index in [1.165, 1.54) is 18.5 Å². The third-order valence-electron chi connectivity index (χ3n) is 8.38. The average Bonchev–Trinajstić information content (AvgIpc) is 2.93. The van der Waals surface area contributed by atoms with Crippen molar-refractivity contribution < 1.29 is 13.9 Å². The summed E-state index contributed by atoms with van der Waals surface area (Å²) in [6, 6.07) is 12.3. The number of benzene rings is 1. The molecule has 0 N–H and O–H groups in total. The van der Waals surface area contributed by atoms with E-state index in [4.69, 9.17) is 4.74 Å². The van der Waals surface area contributed by atoms with Crippen LogP contribution in [0.3, 0.4) is 0 Å². The Labute approximate surface area is 224 Å². The van der Waals surface area contributed by atoms with Gasteiger partial charge in [0.25, 0.3) is 5.91 Å². The zero-order valence-electron chi connectivity index (χ0n) is 22.4. The lowest BCUT2D eigenvalue weighted by atomic mass is 9.82. The largest absolute Gasteiger partial charge is 0.469 e. The van der Waals surface area contributed by atoms with Gasteiger partial charge < -0.3 is 9.64 Å². The number of amides is 1. The number of piperidine rings is 2. The zero-order valence-corrected chi connectivity index (χ0v) is 22.4. The predicted molar refractivity (Wildman–Crippen MR) is 143 cm³/mol. The van der Waals surface area contributed by atoms with Crippen LogP contribution >= 0.6 is 0 Å². The molecule has 38 heavy (non-hydrogen) atoms. The number of halogens is 1. The third kappa shape index (κ3) is 5.55. The van der Waals surface area contributed by atoms with Gasteiger partial charge in [0.15, 0.2) is 0 Å². The number of carbonyl (C=O) groups excluding carboxylic acids is 1. The van der Waals surface area contributed by atoms with Crippen LogP contribution in [-0.2, 0) is 0 Å². The molecular weight excluding hydrogens is 481 g/mol. The molecule has 1 atom stereocenters. The van der Waals surface area contributed by atoms with Crippen LogP contribution in [0, 0.1) is 25.6 Å². The van der Waals surface area contributed by atoms with Crippen molar-refractivity contribution >= 4 is 5.91 Å². The Bertz CT molecular complexity index is 1220. The van der Waals surface area contributed by atoms with E-state index in [2.05, 4.69) is 26.8 Å².